The number of urea groups is 1. The van der Waals surface area contributed by atoms with Gasteiger partial charge in [-0.15, -0.1) is 0 Å². The Labute approximate surface area is 188 Å². The average Bonchev–Trinajstić information content (AvgIpc) is 3.21. The molecule has 6 nitrogen and oxygen atoms in total. The number of aromatic amines is 1. The minimum absolute atomic E-state index is 0.155. The summed E-state index contributed by atoms with van der Waals surface area (Å²) >= 11 is 0. The first-order valence-electron chi connectivity index (χ1n) is 10.9. The van der Waals surface area contributed by atoms with Gasteiger partial charge in [-0.05, 0) is 68.3 Å². The molecule has 0 fully saturated rings. The molecule has 6 heteroatoms. The molecule has 2 heterocycles. The van der Waals surface area contributed by atoms with E-state index >= 15 is 0 Å². The van der Waals surface area contributed by atoms with Crippen molar-refractivity contribution in [2.75, 3.05) is 18.5 Å². The normalized spacial score (nSPS) is 10.8. The van der Waals surface area contributed by atoms with E-state index in [1.54, 1.807) is 4.90 Å². The third-order valence-corrected chi connectivity index (χ3v) is 5.33. The second-order valence-corrected chi connectivity index (χ2v) is 7.69. The van der Waals surface area contributed by atoms with Gasteiger partial charge >= 0.3 is 6.03 Å². The maximum Gasteiger partial charge on any atom is 0.322 e. The van der Waals surface area contributed by atoms with Gasteiger partial charge in [0.1, 0.15) is 5.75 Å². The number of hydrogen-bond acceptors (Lipinski definition) is 3. The van der Waals surface area contributed by atoms with E-state index in [0.717, 1.165) is 34.8 Å². The van der Waals surface area contributed by atoms with E-state index in [0.29, 0.717) is 19.7 Å². The Morgan fingerprint density at radius 2 is 1.88 bits per heavy atom. The molecule has 2 aromatic heterocycles. The number of pyridine rings is 1. The Balaban J connectivity index is 1.50. The van der Waals surface area contributed by atoms with Crippen molar-refractivity contribution in [3.63, 3.8) is 0 Å². The van der Waals surface area contributed by atoms with Gasteiger partial charge in [0, 0.05) is 35.0 Å². The zero-order valence-corrected chi connectivity index (χ0v) is 18.5. The number of hydrogen-bond donors (Lipinski definition) is 2. The molecule has 0 saturated carbocycles. The van der Waals surface area contributed by atoms with Crippen LogP contribution in [-0.4, -0.2) is 34.1 Å². The monoisotopic (exact) mass is 428 g/mol. The van der Waals surface area contributed by atoms with Gasteiger partial charge in [0.2, 0.25) is 0 Å². The number of nitrogens with zero attached hydrogens (tertiary/aromatic N) is 2. The Hall–Kier alpha value is -3.80. The van der Waals surface area contributed by atoms with Crippen molar-refractivity contribution in [3.05, 3.63) is 89.9 Å². The Kier molecular flexibility index (Phi) is 6.70. The largest absolute Gasteiger partial charge is 0.494 e. The summed E-state index contributed by atoms with van der Waals surface area (Å²) in [6.45, 7) is 5.52. The molecular formula is C26H28N4O2. The van der Waals surface area contributed by atoms with Crippen LogP contribution in [0.25, 0.3) is 10.9 Å². The fourth-order valence-electron chi connectivity index (χ4n) is 3.73. The molecular weight excluding hydrogens is 400 g/mol. The van der Waals surface area contributed by atoms with Crippen LogP contribution in [0.4, 0.5) is 10.5 Å². The van der Waals surface area contributed by atoms with Crippen LogP contribution < -0.4 is 10.1 Å². The number of nitrogens with one attached hydrogen (secondary N) is 2. The minimum atomic E-state index is -0.155. The van der Waals surface area contributed by atoms with Crippen LogP contribution in [0.15, 0.2) is 72.9 Å². The van der Waals surface area contributed by atoms with Crippen LogP contribution in [0.2, 0.25) is 0 Å². The van der Waals surface area contributed by atoms with Crippen molar-refractivity contribution in [2.45, 2.75) is 26.8 Å². The summed E-state index contributed by atoms with van der Waals surface area (Å²) in [5.41, 5.74) is 4.83. The number of benzene rings is 2. The van der Waals surface area contributed by atoms with E-state index in [1.807, 2.05) is 74.6 Å². The summed E-state index contributed by atoms with van der Waals surface area (Å²) in [5, 5.41) is 4.20. The maximum absolute atomic E-state index is 13.2. The molecule has 0 saturated heterocycles. The number of carbonyl (C=O) groups is 1. The maximum atomic E-state index is 13.2. The molecule has 0 aliphatic rings. The molecule has 2 aromatic carbocycles. The molecule has 4 aromatic rings. The lowest BCUT2D eigenvalue weighted by Gasteiger charge is -2.23. The lowest BCUT2D eigenvalue weighted by molar-refractivity contribution is 0.209. The average molecular weight is 429 g/mol. The van der Waals surface area contributed by atoms with Crippen LogP contribution >= 0.6 is 0 Å². The highest BCUT2D eigenvalue weighted by atomic mass is 16.5. The number of ether oxygens (including phenoxy) is 1. The minimum Gasteiger partial charge on any atom is -0.494 e. The third kappa shape index (κ3) is 5.27. The number of aryl methyl sites for hydroxylation is 1. The highest BCUT2D eigenvalue weighted by Crippen LogP contribution is 2.20. The molecule has 164 valence electrons. The molecule has 0 aliphatic heterocycles. The zero-order chi connectivity index (χ0) is 22.3. The van der Waals surface area contributed by atoms with Gasteiger partial charge in [-0.3, -0.25) is 4.98 Å². The standard InChI is InChI=1S/C26H28N4O2/c1-3-32-23-13-11-21(12-14-23)29-26(31)30(18-22-8-6-7-19(2)28-22)16-15-20-17-27-25-10-5-4-9-24(20)25/h4-14,17,27H,3,15-16,18H2,1-2H3,(H,29,31). The molecule has 32 heavy (non-hydrogen) atoms. The van der Waals surface area contributed by atoms with Crippen molar-refractivity contribution in [2.24, 2.45) is 0 Å². The number of carbonyl (C=O) groups excluding carboxylic acids is 1. The number of rotatable bonds is 8. The van der Waals surface area contributed by atoms with Crippen LogP contribution in [0, 0.1) is 6.92 Å². The predicted molar refractivity (Wildman–Crippen MR) is 128 cm³/mol. The number of fused-ring (bicyclic) bond motifs is 1. The van der Waals surface area contributed by atoms with Crippen LogP contribution in [0.3, 0.4) is 0 Å². The molecule has 4 rings (SSSR count). The van der Waals surface area contributed by atoms with Crippen molar-refractivity contribution in [1.29, 1.82) is 0 Å². The van der Waals surface area contributed by atoms with E-state index < -0.39 is 0 Å². The fourth-order valence-corrected chi connectivity index (χ4v) is 3.73. The first-order valence-corrected chi connectivity index (χ1v) is 10.9. The SMILES string of the molecule is CCOc1ccc(NC(=O)N(CCc2c[nH]c3ccccc23)Cc2cccc(C)n2)cc1. The first kappa shape index (κ1) is 21.4. The van der Waals surface area contributed by atoms with E-state index in [4.69, 9.17) is 4.74 Å². The fraction of sp³-hybridized carbons (Fsp3) is 0.231. The zero-order valence-electron chi connectivity index (χ0n) is 18.5. The topological polar surface area (TPSA) is 70.2 Å². The Bertz CT molecular complexity index is 1180. The van der Waals surface area contributed by atoms with E-state index in [-0.39, 0.29) is 6.03 Å². The molecule has 0 aliphatic carbocycles. The second kappa shape index (κ2) is 10.0. The summed E-state index contributed by atoms with van der Waals surface area (Å²) in [7, 11) is 0. The molecule has 0 bridgehead atoms. The van der Waals surface area contributed by atoms with Crippen LogP contribution in [-0.2, 0) is 13.0 Å². The van der Waals surface area contributed by atoms with Crippen LogP contribution in [0.5, 0.6) is 5.75 Å². The number of H-pyrrole nitrogens is 1. The molecule has 0 unspecified atom stereocenters. The molecule has 0 radical (unpaired) electrons. The highest BCUT2D eigenvalue weighted by molar-refractivity contribution is 5.89. The number of anilines is 1. The van der Waals surface area contributed by atoms with Gasteiger partial charge in [-0.2, -0.15) is 0 Å². The highest BCUT2D eigenvalue weighted by Gasteiger charge is 2.16. The third-order valence-electron chi connectivity index (χ3n) is 5.33. The van der Waals surface area contributed by atoms with E-state index in [1.165, 1.54) is 10.9 Å². The summed E-state index contributed by atoms with van der Waals surface area (Å²) in [6.07, 6.45) is 2.77. The van der Waals surface area contributed by atoms with Gasteiger partial charge in [0.05, 0.1) is 18.8 Å². The lowest BCUT2D eigenvalue weighted by Crippen LogP contribution is -2.36. The van der Waals surface area contributed by atoms with Gasteiger partial charge in [0.25, 0.3) is 0 Å². The molecule has 2 amide bonds. The lowest BCUT2D eigenvalue weighted by atomic mass is 10.1. The molecule has 0 atom stereocenters. The first-order chi connectivity index (χ1) is 15.6. The van der Waals surface area contributed by atoms with E-state index in [9.17, 15) is 4.79 Å². The van der Waals surface area contributed by atoms with Crippen molar-refractivity contribution < 1.29 is 9.53 Å². The van der Waals surface area contributed by atoms with Crippen LogP contribution in [0.1, 0.15) is 23.9 Å². The Morgan fingerprint density at radius 3 is 2.66 bits per heavy atom. The molecule has 2 N–H and O–H groups in total. The number of amides is 2. The van der Waals surface area contributed by atoms with Gasteiger partial charge in [-0.25, -0.2) is 4.79 Å². The van der Waals surface area contributed by atoms with Gasteiger partial charge < -0.3 is 19.9 Å². The predicted octanol–water partition coefficient (Wildman–Crippen LogP) is 5.55. The van der Waals surface area contributed by atoms with Crippen molar-refractivity contribution in [1.82, 2.24) is 14.9 Å². The molecule has 0 spiro atoms. The quantitative estimate of drug-likeness (QED) is 0.387. The van der Waals surface area contributed by atoms with E-state index in [2.05, 4.69) is 27.4 Å². The summed E-state index contributed by atoms with van der Waals surface area (Å²) in [6, 6.07) is 21.4. The van der Waals surface area contributed by atoms with Gasteiger partial charge in [-0.1, -0.05) is 24.3 Å². The number of para-hydroxylation sites is 1. The summed E-state index contributed by atoms with van der Waals surface area (Å²) < 4.78 is 5.48. The summed E-state index contributed by atoms with van der Waals surface area (Å²) in [5.74, 6) is 0.783. The van der Waals surface area contributed by atoms with Crippen molar-refractivity contribution in [3.8, 4) is 5.75 Å². The smallest absolute Gasteiger partial charge is 0.322 e. The second-order valence-electron chi connectivity index (χ2n) is 7.69. The number of aromatic nitrogens is 2. The summed E-state index contributed by atoms with van der Waals surface area (Å²) in [4.78, 5) is 22.9. The van der Waals surface area contributed by atoms with Gasteiger partial charge in [0.15, 0.2) is 0 Å². The van der Waals surface area contributed by atoms with Crippen molar-refractivity contribution >= 4 is 22.6 Å². The Morgan fingerprint density at radius 1 is 1.06 bits per heavy atom.